The van der Waals surface area contributed by atoms with Gasteiger partial charge in [-0.15, -0.1) is 0 Å². The van der Waals surface area contributed by atoms with Gasteiger partial charge in [-0.05, 0) is 42.8 Å². The third-order valence-corrected chi connectivity index (χ3v) is 6.76. The number of alkyl halides is 3. The second-order valence-corrected chi connectivity index (χ2v) is 10.1. The minimum absolute atomic E-state index is 0.00209. The molecule has 0 radical (unpaired) electrons. The van der Waals surface area contributed by atoms with Gasteiger partial charge in [-0.1, -0.05) is 57.9 Å². The second kappa shape index (κ2) is 14.6. The molecule has 224 valence electrons. The number of fused-ring (bicyclic) bond motifs is 2. The molecule has 0 atom stereocenters. The lowest BCUT2D eigenvalue weighted by Gasteiger charge is -2.16. The van der Waals surface area contributed by atoms with Crippen LogP contribution in [-0.2, 0) is 0 Å². The molecule has 4 N–H and O–H groups in total. The molecule has 11 heteroatoms. The van der Waals surface area contributed by atoms with Crippen molar-refractivity contribution in [3.05, 3.63) is 60.4 Å². The van der Waals surface area contributed by atoms with Crippen LogP contribution in [0.5, 0.6) is 11.5 Å². The highest BCUT2D eigenvalue weighted by molar-refractivity contribution is 5.99. The first-order valence-electron chi connectivity index (χ1n) is 14.2. The Balaban J connectivity index is 1.54. The van der Waals surface area contributed by atoms with Crippen molar-refractivity contribution in [1.82, 2.24) is 9.97 Å². The average molecular weight is 584 g/mol. The number of carbonyl (C=O) groups excluding carboxylic acids is 1. The fraction of sp³-hybridized carbons (Fsp3) is 0.387. The van der Waals surface area contributed by atoms with E-state index >= 15 is 0 Å². The summed E-state index contributed by atoms with van der Waals surface area (Å²) < 4.78 is 50.1. The van der Waals surface area contributed by atoms with Crippen molar-refractivity contribution in [1.29, 1.82) is 0 Å². The standard InChI is InChI=1S/C31H36F3N5O3/c1-2-3-4-5-6-7-8-9-16-41-29-27(42-20-31(32,33)34)13-11-22-17-21-10-12-23(18-25(21)37-28(22)29)38-39-26-19-36-15-14-24(26)30(35)40/h10-15,17-19,38-39H,2-9,16,20H2,1H3,(H2,35,40). The molecule has 0 bridgehead atoms. The first-order valence-corrected chi connectivity index (χ1v) is 14.2. The lowest BCUT2D eigenvalue weighted by Crippen LogP contribution is -2.19. The zero-order valence-electron chi connectivity index (χ0n) is 23.6. The molecule has 0 fully saturated rings. The van der Waals surface area contributed by atoms with E-state index in [0.29, 0.717) is 34.4 Å². The van der Waals surface area contributed by atoms with Crippen molar-refractivity contribution in [2.45, 2.75) is 64.5 Å². The lowest BCUT2D eigenvalue weighted by atomic mass is 10.1. The molecule has 1 amide bonds. The van der Waals surface area contributed by atoms with Gasteiger partial charge in [-0.3, -0.25) is 15.2 Å². The van der Waals surface area contributed by atoms with Crippen molar-refractivity contribution in [3.63, 3.8) is 0 Å². The molecule has 2 aromatic carbocycles. The lowest BCUT2D eigenvalue weighted by molar-refractivity contribution is -0.153. The van der Waals surface area contributed by atoms with Gasteiger partial charge in [-0.25, -0.2) is 4.98 Å². The van der Waals surface area contributed by atoms with Crippen LogP contribution in [0.4, 0.5) is 24.5 Å². The number of ether oxygens (including phenoxy) is 2. The highest BCUT2D eigenvalue weighted by Crippen LogP contribution is 2.37. The molecule has 0 aliphatic carbocycles. The summed E-state index contributed by atoms with van der Waals surface area (Å²) in [5.41, 5.74) is 13.7. The quantitative estimate of drug-likeness (QED) is 0.0701. The van der Waals surface area contributed by atoms with Gasteiger partial charge in [0, 0.05) is 17.0 Å². The van der Waals surface area contributed by atoms with E-state index in [1.165, 1.54) is 50.2 Å². The van der Waals surface area contributed by atoms with Gasteiger partial charge in [0.05, 0.1) is 35.3 Å². The van der Waals surface area contributed by atoms with Gasteiger partial charge in [0.2, 0.25) is 0 Å². The Morgan fingerprint density at radius 2 is 1.64 bits per heavy atom. The van der Waals surface area contributed by atoms with Crippen molar-refractivity contribution in [3.8, 4) is 11.5 Å². The van der Waals surface area contributed by atoms with Crippen LogP contribution in [0.2, 0.25) is 0 Å². The Morgan fingerprint density at radius 1 is 0.905 bits per heavy atom. The molecule has 0 unspecified atom stereocenters. The summed E-state index contributed by atoms with van der Waals surface area (Å²) in [7, 11) is 0. The highest BCUT2D eigenvalue weighted by Gasteiger charge is 2.29. The molecular weight excluding hydrogens is 547 g/mol. The minimum Gasteiger partial charge on any atom is -0.488 e. The van der Waals surface area contributed by atoms with E-state index < -0.39 is 18.7 Å². The summed E-state index contributed by atoms with van der Waals surface area (Å²) >= 11 is 0. The number of halogens is 3. The molecule has 4 rings (SSSR count). The number of hydrogen-bond acceptors (Lipinski definition) is 7. The van der Waals surface area contributed by atoms with E-state index in [0.717, 1.165) is 31.1 Å². The van der Waals surface area contributed by atoms with E-state index in [2.05, 4.69) is 22.8 Å². The Hall–Kier alpha value is -4.28. The van der Waals surface area contributed by atoms with Crippen LogP contribution in [0.15, 0.2) is 54.9 Å². The van der Waals surface area contributed by atoms with E-state index in [9.17, 15) is 18.0 Å². The smallest absolute Gasteiger partial charge is 0.422 e. The number of carbonyl (C=O) groups is 1. The first-order chi connectivity index (χ1) is 20.2. The summed E-state index contributed by atoms with van der Waals surface area (Å²) in [5, 5.41) is 1.54. The molecule has 42 heavy (non-hydrogen) atoms. The van der Waals surface area contributed by atoms with Crippen LogP contribution in [-0.4, -0.2) is 35.3 Å². The van der Waals surface area contributed by atoms with Crippen LogP contribution >= 0.6 is 0 Å². The van der Waals surface area contributed by atoms with Gasteiger partial charge in [0.25, 0.3) is 5.91 Å². The Morgan fingerprint density at radius 3 is 2.38 bits per heavy atom. The molecule has 0 spiro atoms. The predicted molar refractivity (Wildman–Crippen MR) is 159 cm³/mol. The van der Waals surface area contributed by atoms with Gasteiger partial charge < -0.3 is 20.6 Å². The molecule has 4 aromatic rings. The zero-order valence-corrected chi connectivity index (χ0v) is 23.6. The third kappa shape index (κ3) is 8.61. The van der Waals surface area contributed by atoms with Crippen LogP contribution < -0.4 is 26.1 Å². The Labute approximate surface area is 242 Å². The molecule has 2 aromatic heterocycles. The van der Waals surface area contributed by atoms with Crippen LogP contribution in [0.1, 0.15) is 68.6 Å². The molecule has 0 saturated carbocycles. The largest absolute Gasteiger partial charge is 0.488 e. The first kappa shape index (κ1) is 30.7. The zero-order chi connectivity index (χ0) is 30.0. The number of nitrogens with two attached hydrogens (primary N) is 1. The third-order valence-electron chi connectivity index (χ3n) is 6.76. The topological polar surface area (TPSA) is 111 Å². The number of hydrogen-bond donors (Lipinski definition) is 3. The number of unbranched alkanes of at least 4 members (excludes halogenated alkanes) is 7. The maximum Gasteiger partial charge on any atom is 0.422 e. The van der Waals surface area contributed by atoms with E-state index in [1.54, 1.807) is 12.1 Å². The second-order valence-electron chi connectivity index (χ2n) is 10.1. The summed E-state index contributed by atoms with van der Waals surface area (Å²) in [4.78, 5) is 20.5. The van der Waals surface area contributed by atoms with Crippen molar-refractivity contribution >= 4 is 39.1 Å². The average Bonchev–Trinajstić information content (AvgIpc) is 2.97. The summed E-state index contributed by atoms with van der Waals surface area (Å²) in [6, 6.07) is 12.0. The van der Waals surface area contributed by atoms with Gasteiger partial charge in [-0.2, -0.15) is 13.2 Å². The van der Waals surface area contributed by atoms with Gasteiger partial charge in [0.1, 0.15) is 5.52 Å². The Bertz CT molecular complexity index is 1500. The van der Waals surface area contributed by atoms with Crippen LogP contribution in [0.25, 0.3) is 21.8 Å². The van der Waals surface area contributed by atoms with E-state index in [-0.39, 0.29) is 17.1 Å². The maximum atomic E-state index is 13.0. The van der Waals surface area contributed by atoms with Crippen molar-refractivity contribution in [2.24, 2.45) is 5.73 Å². The van der Waals surface area contributed by atoms with Crippen molar-refractivity contribution in [2.75, 3.05) is 24.1 Å². The number of pyridine rings is 2. The number of anilines is 2. The summed E-state index contributed by atoms with van der Waals surface area (Å²) in [6.45, 7) is 1.10. The van der Waals surface area contributed by atoms with Crippen molar-refractivity contribution < 1.29 is 27.4 Å². The predicted octanol–water partition coefficient (Wildman–Crippen LogP) is 7.78. The van der Waals surface area contributed by atoms with Crippen LogP contribution in [0, 0.1) is 0 Å². The molecule has 0 saturated heterocycles. The number of rotatable bonds is 16. The molecule has 0 aliphatic heterocycles. The Kier molecular flexibility index (Phi) is 10.6. The summed E-state index contributed by atoms with van der Waals surface area (Å²) in [5.74, 6) is -0.409. The monoisotopic (exact) mass is 583 g/mol. The normalized spacial score (nSPS) is 11.5. The number of aromatic nitrogens is 2. The fourth-order valence-electron chi connectivity index (χ4n) is 4.60. The SMILES string of the molecule is CCCCCCCCCCOc1c(OCC(F)(F)F)ccc2cc3ccc(NNc4cnccc4C(N)=O)cc3nc12. The molecule has 0 aliphatic rings. The van der Waals surface area contributed by atoms with E-state index in [1.807, 2.05) is 18.2 Å². The molecule has 2 heterocycles. The number of primary amides is 1. The number of hydrazine groups is 1. The number of nitrogens with one attached hydrogen (secondary N) is 2. The van der Waals surface area contributed by atoms with Gasteiger partial charge >= 0.3 is 6.18 Å². The molecule has 8 nitrogen and oxygen atoms in total. The number of nitrogens with zero attached hydrogens (tertiary/aromatic N) is 2. The minimum atomic E-state index is -4.49. The fourth-order valence-corrected chi connectivity index (χ4v) is 4.60. The maximum absolute atomic E-state index is 13.0. The number of benzene rings is 2. The molecular formula is C31H36F3N5O3. The van der Waals surface area contributed by atoms with Crippen LogP contribution in [0.3, 0.4) is 0 Å². The van der Waals surface area contributed by atoms with Gasteiger partial charge in [0.15, 0.2) is 18.1 Å². The van der Waals surface area contributed by atoms with E-state index in [4.69, 9.17) is 20.2 Å². The number of amides is 1. The highest BCUT2D eigenvalue weighted by atomic mass is 19.4. The summed E-state index contributed by atoms with van der Waals surface area (Å²) in [6.07, 6.45) is 7.37.